The van der Waals surface area contributed by atoms with E-state index in [-0.39, 0.29) is 5.91 Å². The molecule has 2 rings (SSSR count). The first kappa shape index (κ1) is 13.2. The zero-order chi connectivity index (χ0) is 13.7. The van der Waals surface area contributed by atoms with Crippen LogP contribution < -0.4 is 5.32 Å². The second-order valence-electron chi connectivity index (χ2n) is 4.26. The zero-order valence-electron chi connectivity index (χ0n) is 10.5. The first-order chi connectivity index (χ1) is 9.15. The molecule has 19 heavy (non-hydrogen) atoms. The highest BCUT2D eigenvalue weighted by molar-refractivity contribution is 5.90. The third kappa shape index (κ3) is 3.89. The molecule has 1 heterocycles. The van der Waals surface area contributed by atoms with Gasteiger partial charge >= 0.3 is 0 Å². The summed E-state index contributed by atoms with van der Waals surface area (Å²) in [5.74, 6) is 0.318. The number of benzene rings is 1. The van der Waals surface area contributed by atoms with Crippen molar-refractivity contribution in [2.24, 2.45) is 0 Å². The van der Waals surface area contributed by atoms with Gasteiger partial charge in [0.2, 0.25) is 18.2 Å². The average Bonchev–Trinajstić information content (AvgIpc) is 2.91. The van der Waals surface area contributed by atoms with Crippen LogP contribution in [0.3, 0.4) is 0 Å². The number of hydrogen-bond acceptors (Lipinski definition) is 5. The van der Waals surface area contributed by atoms with Gasteiger partial charge in [-0.1, -0.05) is 0 Å². The van der Waals surface area contributed by atoms with E-state index in [1.54, 1.807) is 31.2 Å². The summed E-state index contributed by atoms with van der Waals surface area (Å²) >= 11 is 0. The average molecular weight is 261 g/mol. The Morgan fingerprint density at radius 1 is 1.42 bits per heavy atom. The number of nitrogens with one attached hydrogen (secondary N) is 1. The van der Waals surface area contributed by atoms with Gasteiger partial charge in [-0.05, 0) is 37.6 Å². The van der Waals surface area contributed by atoms with Crippen LogP contribution in [0.2, 0.25) is 0 Å². The number of aliphatic hydroxyl groups excluding tert-OH is 1. The molecule has 0 aliphatic rings. The van der Waals surface area contributed by atoms with E-state index in [9.17, 15) is 4.79 Å². The first-order valence-corrected chi connectivity index (χ1v) is 5.99. The number of aromatic nitrogens is 2. The summed E-state index contributed by atoms with van der Waals surface area (Å²) in [6, 6.07) is 7.11. The summed E-state index contributed by atoms with van der Waals surface area (Å²) in [5.41, 5.74) is 1.48. The van der Waals surface area contributed by atoms with Gasteiger partial charge in [-0.15, -0.1) is 10.2 Å². The molecule has 0 aliphatic carbocycles. The summed E-state index contributed by atoms with van der Waals surface area (Å²) in [5, 5.41) is 19.3. The van der Waals surface area contributed by atoms with Gasteiger partial charge in [-0.25, -0.2) is 0 Å². The molecule has 1 atom stereocenters. The fourth-order valence-corrected chi connectivity index (χ4v) is 1.56. The highest BCUT2D eigenvalue weighted by atomic mass is 16.4. The molecule has 0 saturated heterocycles. The molecule has 6 heteroatoms. The van der Waals surface area contributed by atoms with E-state index >= 15 is 0 Å². The van der Waals surface area contributed by atoms with Crippen LogP contribution in [-0.2, 0) is 4.79 Å². The van der Waals surface area contributed by atoms with Gasteiger partial charge in [0.05, 0.1) is 6.10 Å². The molecule has 0 saturated carbocycles. The van der Waals surface area contributed by atoms with Gasteiger partial charge in [0.1, 0.15) is 0 Å². The number of anilines is 1. The summed E-state index contributed by atoms with van der Waals surface area (Å²) in [7, 11) is 0. The second kappa shape index (κ2) is 6.10. The SMILES string of the molecule is CC(O)CCC(=O)Nc1ccc(-c2nnco2)cc1. The van der Waals surface area contributed by atoms with Crippen molar-refractivity contribution < 1.29 is 14.3 Å². The lowest BCUT2D eigenvalue weighted by Crippen LogP contribution is -2.13. The fraction of sp³-hybridized carbons (Fsp3) is 0.308. The molecule has 100 valence electrons. The maximum atomic E-state index is 11.6. The molecule has 1 aromatic heterocycles. The number of aliphatic hydroxyl groups is 1. The molecule has 1 aromatic carbocycles. The lowest BCUT2D eigenvalue weighted by molar-refractivity contribution is -0.116. The lowest BCUT2D eigenvalue weighted by atomic mass is 10.2. The fourth-order valence-electron chi connectivity index (χ4n) is 1.56. The Labute approximate surface area is 110 Å². The maximum Gasteiger partial charge on any atom is 0.247 e. The molecule has 0 bridgehead atoms. The number of nitrogens with zero attached hydrogens (tertiary/aromatic N) is 2. The molecule has 1 amide bonds. The minimum absolute atomic E-state index is 0.119. The summed E-state index contributed by atoms with van der Waals surface area (Å²) in [6.45, 7) is 1.66. The van der Waals surface area contributed by atoms with Crippen molar-refractivity contribution in [3.63, 3.8) is 0 Å². The van der Waals surface area contributed by atoms with Crippen LogP contribution in [-0.4, -0.2) is 27.3 Å². The van der Waals surface area contributed by atoms with Crippen molar-refractivity contribution >= 4 is 11.6 Å². The van der Waals surface area contributed by atoms with Crippen molar-refractivity contribution in [3.8, 4) is 11.5 Å². The van der Waals surface area contributed by atoms with Crippen molar-refractivity contribution in [3.05, 3.63) is 30.7 Å². The molecule has 0 radical (unpaired) electrons. The van der Waals surface area contributed by atoms with Gasteiger partial charge in [-0.2, -0.15) is 0 Å². The van der Waals surface area contributed by atoms with E-state index < -0.39 is 6.10 Å². The summed E-state index contributed by atoms with van der Waals surface area (Å²) in [4.78, 5) is 11.6. The number of rotatable bonds is 5. The molecule has 2 aromatic rings. The van der Waals surface area contributed by atoms with Gasteiger partial charge in [0.15, 0.2) is 0 Å². The lowest BCUT2D eigenvalue weighted by Gasteiger charge is -2.06. The van der Waals surface area contributed by atoms with Crippen LogP contribution in [0.25, 0.3) is 11.5 Å². The Balaban J connectivity index is 1.94. The molecule has 2 N–H and O–H groups in total. The van der Waals surface area contributed by atoms with Crippen LogP contribution >= 0.6 is 0 Å². The maximum absolute atomic E-state index is 11.6. The standard InChI is InChI=1S/C13H15N3O3/c1-9(17)2-7-12(18)15-11-5-3-10(4-6-11)13-16-14-8-19-13/h3-6,8-9,17H,2,7H2,1H3,(H,15,18). The molecule has 6 nitrogen and oxygen atoms in total. The van der Waals surface area contributed by atoms with E-state index in [0.29, 0.717) is 24.4 Å². The van der Waals surface area contributed by atoms with Crippen molar-refractivity contribution in [2.75, 3.05) is 5.32 Å². The predicted molar refractivity (Wildman–Crippen MR) is 69.3 cm³/mol. The van der Waals surface area contributed by atoms with E-state index in [4.69, 9.17) is 9.52 Å². The van der Waals surface area contributed by atoms with Crippen LogP contribution in [0.4, 0.5) is 5.69 Å². The number of hydrogen-bond donors (Lipinski definition) is 2. The van der Waals surface area contributed by atoms with Crippen molar-refractivity contribution in [1.82, 2.24) is 10.2 Å². The normalized spacial score (nSPS) is 12.1. The minimum Gasteiger partial charge on any atom is -0.423 e. The van der Waals surface area contributed by atoms with Crippen molar-refractivity contribution in [1.29, 1.82) is 0 Å². The highest BCUT2D eigenvalue weighted by Gasteiger charge is 2.06. The third-order valence-electron chi connectivity index (χ3n) is 2.56. The number of carbonyl (C=O) groups is 1. The van der Waals surface area contributed by atoms with Gasteiger partial charge in [0.25, 0.3) is 0 Å². The zero-order valence-corrected chi connectivity index (χ0v) is 10.5. The quantitative estimate of drug-likeness (QED) is 0.857. The largest absolute Gasteiger partial charge is 0.423 e. The molecule has 1 unspecified atom stereocenters. The van der Waals surface area contributed by atoms with Gasteiger partial charge in [-0.3, -0.25) is 4.79 Å². The molecule has 0 fully saturated rings. The Hall–Kier alpha value is -2.21. The smallest absolute Gasteiger partial charge is 0.247 e. The first-order valence-electron chi connectivity index (χ1n) is 5.99. The van der Waals surface area contributed by atoms with E-state index in [1.165, 1.54) is 6.39 Å². The summed E-state index contributed by atoms with van der Waals surface area (Å²) < 4.78 is 5.07. The topological polar surface area (TPSA) is 88.2 Å². The Morgan fingerprint density at radius 3 is 2.74 bits per heavy atom. The van der Waals surface area contributed by atoms with Crippen molar-refractivity contribution in [2.45, 2.75) is 25.9 Å². The number of carbonyl (C=O) groups excluding carboxylic acids is 1. The molecule has 0 aliphatic heterocycles. The van der Waals surface area contributed by atoms with E-state index in [2.05, 4.69) is 15.5 Å². The highest BCUT2D eigenvalue weighted by Crippen LogP contribution is 2.19. The van der Waals surface area contributed by atoms with Crippen LogP contribution in [0.1, 0.15) is 19.8 Å². The van der Waals surface area contributed by atoms with Crippen LogP contribution in [0.15, 0.2) is 35.1 Å². The minimum atomic E-state index is -0.467. The van der Waals surface area contributed by atoms with Gasteiger partial charge in [0, 0.05) is 17.7 Å². The molecular formula is C13H15N3O3. The predicted octanol–water partition coefficient (Wildman–Crippen LogP) is 1.84. The van der Waals surface area contributed by atoms with Crippen LogP contribution in [0.5, 0.6) is 0 Å². The van der Waals surface area contributed by atoms with E-state index in [1.807, 2.05) is 0 Å². The van der Waals surface area contributed by atoms with Gasteiger partial charge < -0.3 is 14.8 Å². The number of amides is 1. The van der Waals surface area contributed by atoms with E-state index in [0.717, 1.165) is 5.56 Å². The Bertz CT molecular complexity index is 521. The van der Waals surface area contributed by atoms with Crippen LogP contribution in [0, 0.1) is 0 Å². The Morgan fingerprint density at radius 2 is 2.16 bits per heavy atom. The molecule has 0 spiro atoms. The Kier molecular flexibility index (Phi) is 4.25. The summed E-state index contributed by atoms with van der Waals surface area (Å²) in [6.07, 6.45) is 1.54. The monoisotopic (exact) mass is 261 g/mol. The molecular weight excluding hydrogens is 246 g/mol. The second-order valence-corrected chi connectivity index (χ2v) is 4.26. The third-order valence-corrected chi connectivity index (χ3v) is 2.56.